The summed E-state index contributed by atoms with van der Waals surface area (Å²) in [7, 11) is -1.62. The predicted molar refractivity (Wildman–Crippen MR) is 215 cm³/mol. The number of ether oxygens (including phenoxy) is 1. The second-order valence-corrected chi connectivity index (χ2v) is 27.6. The minimum atomic E-state index is -1.62. The van der Waals surface area contributed by atoms with Gasteiger partial charge >= 0.3 is 0 Å². The molecule has 0 N–H and O–H groups in total. The Balaban J connectivity index is 1.63. The molecule has 0 aliphatic heterocycles. The number of hydrogen-bond donors (Lipinski definition) is 0. The van der Waals surface area contributed by atoms with Crippen molar-refractivity contribution in [3.8, 4) is 0 Å². The lowest BCUT2D eigenvalue weighted by Gasteiger charge is -2.52. The van der Waals surface area contributed by atoms with Gasteiger partial charge in [-0.1, -0.05) is 128 Å². The Bertz CT molecular complexity index is 959. The molecule has 12 atom stereocenters. The van der Waals surface area contributed by atoms with E-state index in [-0.39, 0.29) is 5.60 Å². The summed E-state index contributed by atoms with van der Waals surface area (Å²) in [5.41, 5.74) is 2.91. The van der Waals surface area contributed by atoms with Crippen LogP contribution in [-0.2, 0) is 4.74 Å². The van der Waals surface area contributed by atoms with Gasteiger partial charge in [-0.25, -0.2) is 0 Å². The highest BCUT2D eigenvalue weighted by Crippen LogP contribution is 2.68. The number of fused-ring (bicyclic) bond motifs is 1. The Labute approximate surface area is 304 Å². The molecule has 4 aliphatic rings. The molecule has 2 heteroatoms. The monoisotopic (exact) mass is 685 g/mol. The van der Waals surface area contributed by atoms with Gasteiger partial charge in [0.2, 0.25) is 0 Å². The lowest BCUT2D eigenvalue weighted by molar-refractivity contribution is -0.00471. The summed E-state index contributed by atoms with van der Waals surface area (Å²) in [4.78, 5) is 0. The maximum atomic E-state index is 6.11. The first-order valence-electron chi connectivity index (χ1n) is 21.7. The maximum Gasteiger partial charge on any atom is 0.0598 e. The smallest absolute Gasteiger partial charge is 0.0598 e. The van der Waals surface area contributed by atoms with E-state index in [0.29, 0.717) is 10.8 Å². The molecule has 4 rings (SSSR count). The molecule has 0 heterocycles. The molecule has 0 spiro atoms. The average Bonchev–Trinajstić information content (AvgIpc) is 3.47. The SMILES string of the molecule is CC(C)C1CC2C(C3CC(C(C)(C)C)CC(C(C)(C)C)C3)CCCC2C1[Si](C)(CCCCCCOC(C)(C)C)C1C(C)C(C)C(C)C1C. The summed E-state index contributed by atoms with van der Waals surface area (Å²) >= 11 is 0. The van der Waals surface area contributed by atoms with E-state index in [1.54, 1.807) is 18.9 Å². The highest BCUT2D eigenvalue weighted by Gasteiger charge is 2.61. The topological polar surface area (TPSA) is 9.23 Å². The molecular formula is C46H88OSi. The van der Waals surface area contributed by atoms with Gasteiger partial charge in [0.25, 0.3) is 0 Å². The summed E-state index contributed by atoms with van der Waals surface area (Å²) in [5, 5.41) is 0. The highest BCUT2D eigenvalue weighted by molar-refractivity contribution is 6.81. The van der Waals surface area contributed by atoms with Crippen molar-refractivity contribution < 1.29 is 4.74 Å². The molecule has 0 saturated heterocycles. The van der Waals surface area contributed by atoms with Gasteiger partial charge in [0.1, 0.15) is 0 Å². The van der Waals surface area contributed by atoms with Crippen molar-refractivity contribution >= 4 is 8.07 Å². The van der Waals surface area contributed by atoms with E-state index in [2.05, 4.69) is 110 Å². The van der Waals surface area contributed by atoms with E-state index in [1.165, 1.54) is 57.8 Å². The maximum absolute atomic E-state index is 6.11. The van der Waals surface area contributed by atoms with E-state index in [9.17, 15) is 0 Å². The fraction of sp³-hybridized carbons (Fsp3) is 1.00. The minimum absolute atomic E-state index is 0.00467. The van der Waals surface area contributed by atoms with E-state index < -0.39 is 8.07 Å². The van der Waals surface area contributed by atoms with Crippen LogP contribution in [0.1, 0.15) is 174 Å². The van der Waals surface area contributed by atoms with Gasteiger partial charge in [0, 0.05) is 6.61 Å². The third-order valence-corrected chi connectivity index (χ3v) is 23.0. The van der Waals surface area contributed by atoms with Crippen molar-refractivity contribution in [3.63, 3.8) is 0 Å². The van der Waals surface area contributed by atoms with Crippen molar-refractivity contribution in [2.75, 3.05) is 6.61 Å². The Morgan fingerprint density at radius 3 is 1.62 bits per heavy atom. The van der Waals surface area contributed by atoms with Crippen LogP contribution in [-0.4, -0.2) is 20.3 Å². The van der Waals surface area contributed by atoms with Crippen LogP contribution in [0.3, 0.4) is 0 Å². The lowest BCUT2D eigenvalue weighted by Crippen LogP contribution is -2.50. The van der Waals surface area contributed by atoms with Crippen molar-refractivity contribution in [2.45, 2.75) is 204 Å². The van der Waals surface area contributed by atoms with Gasteiger partial charge in [0.05, 0.1) is 13.7 Å². The standard InChI is InChI=1S/C46H88OSi/c1-30(2)40-29-41-38(35-26-36(44(7,8)9)28-37(27-35)45(10,11)12)22-21-23-39(41)43(40)48(16,42-33(5)31(3)32(4)34(42)6)25-20-18-17-19-24-47-46(13,14)15/h30-43H,17-29H2,1-16H3. The van der Waals surface area contributed by atoms with Crippen LogP contribution in [0, 0.1) is 81.8 Å². The zero-order valence-corrected chi connectivity index (χ0v) is 36.7. The Hall–Kier alpha value is 0.177. The molecule has 282 valence electrons. The van der Waals surface area contributed by atoms with Crippen molar-refractivity contribution in [2.24, 2.45) is 81.8 Å². The van der Waals surface area contributed by atoms with Crippen LogP contribution >= 0.6 is 0 Å². The summed E-state index contributed by atoms with van der Waals surface area (Å²) in [6.07, 6.45) is 16.1. The summed E-state index contributed by atoms with van der Waals surface area (Å²) in [5.74, 6) is 11.1. The Kier molecular flexibility index (Phi) is 13.3. The molecule has 0 aromatic carbocycles. The van der Waals surface area contributed by atoms with Gasteiger partial charge in [-0.05, 0) is 152 Å². The fourth-order valence-electron chi connectivity index (χ4n) is 13.5. The summed E-state index contributed by atoms with van der Waals surface area (Å²) in [6.45, 7) is 41.9. The first-order chi connectivity index (χ1) is 22.1. The molecule has 4 fully saturated rings. The van der Waals surface area contributed by atoms with Crippen LogP contribution in [0.2, 0.25) is 23.7 Å². The predicted octanol–water partition coefficient (Wildman–Crippen LogP) is 14.6. The number of hydrogen-bond acceptors (Lipinski definition) is 1. The molecule has 0 amide bonds. The molecule has 1 nitrogen and oxygen atoms in total. The molecule has 12 unspecified atom stereocenters. The highest BCUT2D eigenvalue weighted by atomic mass is 28.3. The molecule has 4 saturated carbocycles. The van der Waals surface area contributed by atoms with Gasteiger partial charge in [-0.15, -0.1) is 0 Å². The second kappa shape index (κ2) is 15.6. The summed E-state index contributed by atoms with van der Waals surface area (Å²) in [6, 6.07) is 1.59. The average molecular weight is 685 g/mol. The van der Waals surface area contributed by atoms with Crippen LogP contribution in [0.4, 0.5) is 0 Å². The van der Waals surface area contributed by atoms with Crippen LogP contribution in [0.25, 0.3) is 0 Å². The number of unbranched alkanes of at least 4 members (excludes halogenated alkanes) is 3. The molecule has 0 radical (unpaired) electrons. The normalized spacial score (nSPS) is 41.1. The van der Waals surface area contributed by atoms with Crippen LogP contribution in [0.5, 0.6) is 0 Å². The molecule has 48 heavy (non-hydrogen) atoms. The van der Waals surface area contributed by atoms with Crippen LogP contribution < -0.4 is 0 Å². The van der Waals surface area contributed by atoms with Crippen molar-refractivity contribution in [3.05, 3.63) is 0 Å². The zero-order chi connectivity index (χ0) is 36.0. The van der Waals surface area contributed by atoms with E-state index in [1.807, 2.05) is 0 Å². The quantitative estimate of drug-likeness (QED) is 0.155. The van der Waals surface area contributed by atoms with Gasteiger partial charge < -0.3 is 4.74 Å². The molecule has 0 aromatic heterocycles. The third kappa shape index (κ3) is 9.03. The van der Waals surface area contributed by atoms with E-state index in [0.717, 1.165) is 88.7 Å². The van der Waals surface area contributed by atoms with E-state index in [4.69, 9.17) is 4.74 Å². The van der Waals surface area contributed by atoms with Gasteiger partial charge in [-0.3, -0.25) is 0 Å². The fourth-order valence-corrected chi connectivity index (χ4v) is 21.5. The molecular weight excluding hydrogens is 597 g/mol. The summed E-state index contributed by atoms with van der Waals surface area (Å²) < 4.78 is 6.11. The molecule has 4 aliphatic carbocycles. The largest absolute Gasteiger partial charge is 0.376 e. The van der Waals surface area contributed by atoms with Crippen molar-refractivity contribution in [1.29, 1.82) is 0 Å². The van der Waals surface area contributed by atoms with Gasteiger partial charge in [-0.2, -0.15) is 0 Å². The minimum Gasteiger partial charge on any atom is -0.376 e. The Morgan fingerprint density at radius 2 is 1.12 bits per heavy atom. The zero-order valence-electron chi connectivity index (χ0n) is 35.7. The first kappa shape index (κ1) is 40.9. The van der Waals surface area contributed by atoms with Crippen molar-refractivity contribution in [1.82, 2.24) is 0 Å². The first-order valence-corrected chi connectivity index (χ1v) is 24.6. The van der Waals surface area contributed by atoms with Crippen LogP contribution in [0.15, 0.2) is 0 Å². The lowest BCUT2D eigenvalue weighted by atomic mass is 9.55. The Morgan fingerprint density at radius 1 is 0.604 bits per heavy atom. The molecule has 0 aromatic rings. The number of rotatable bonds is 11. The van der Waals surface area contributed by atoms with Gasteiger partial charge in [0.15, 0.2) is 0 Å². The second-order valence-electron chi connectivity index (χ2n) is 22.8. The molecule has 0 bridgehead atoms. The van der Waals surface area contributed by atoms with E-state index >= 15 is 0 Å². The third-order valence-electron chi connectivity index (χ3n) is 16.6.